The summed E-state index contributed by atoms with van der Waals surface area (Å²) in [4.78, 5) is 10.8. The Bertz CT molecular complexity index is 520. The Hall–Kier alpha value is -2.09. The van der Waals surface area contributed by atoms with Crippen LogP contribution in [0.25, 0.3) is 0 Å². The number of para-hydroxylation sites is 1. The molecule has 104 valence electrons. The van der Waals surface area contributed by atoms with E-state index in [2.05, 4.69) is 24.3 Å². The van der Waals surface area contributed by atoms with Crippen molar-refractivity contribution in [3.8, 4) is 5.75 Å². The Morgan fingerprint density at radius 3 is 2.40 bits per heavy atom. The Labute approximate surface area is 120 Å². The lowest BCUT2D eigenvalue weighted by molar-refractivity contribution is 0.111. The van der Waals surface area contributed by atoms with Gasteiger partial charge in [-0.05, 0) is 43.4 Å². The number of aldehydes is 1. The van der Waals surface area contributed by atoms with Crippen LogP contribution >= 0.6 is 0 Å². The number of benzene rings is 2. The summed E-state index contributed by atoms with van der Waals surface area (Å²) < 4.78 is 5.65. The van der Waals surface area contributed by atoms with Gasteiger partial charge < -0.3 is 4.74 Å². The molecule has 0 bridgehead atoms. The Kier molecular flexibility index (Phi) is 5.84. The van der Waals surface area contributed by atoms with Gasteiger partial charge in [0.05, 0.1) is 12.2 Å². The van der Waals surface area contributed by atoms with Crippen molar-refractivity contribution in [1.82, 2.24) is 0 Å². The van der Waals surface area contributed by atoms with Gasteiger partial charge in [0, 0.05) is 0 Å². The average molecular weight is 268 g/mol. The summed E-state index contributed by atoms with van der Waals surface area (Å²) in [7, 11) is 0. The molecule has 0 aliphatic rings. The standard InChI is InChI=1S/C18H20O2/c19-15-17-12-6-7-13-18(17)20-14-8-2-5-11-16-9-3-1-4-10-16/h1,3-4,6-7,9-10,12-13,15H,2,5,8,11,14H2. The Morgan fingerprint density at radius 1 is 0.850 bits per heavy atom. The molecule has 2 nitrogen and oxygen atoms in total. The molecule has 0 aliphatic heterocycles. The van der Waals surface area contributed by atoms with Crippen molar-refractivity contribution in [2.75, 3.05) is 6.61 Å². The van der Waals surface area contributed by atoms with E-state index in [1.165, 1.54) is 12.0 Å². The summed E-state index contributed by atoms with van der Waals surface area (Å²) in [6, 6.07) is 17.9. The van der Waals surface area contributed by atoms with Gasteiger partial charge in [-0.25, -0.2) is 0 Å². The molecule has 0 unspecified atom stereocenters. The third-order valence-electron chi connectivity index (χ3n) is 3.26. The molecule has 0 spiro atoms. The van der Waals surface area contributed by atoms with Crippen LogP contribution in [0.3, 0.4) is 0 Å². The van der Waals surface area contributed by atoms with Gasteiger partial charge in [-0.1, -0.05) is 42.5 Å². The second-order valence-corrected chi connectivity index (χ2v) is 4.80. The quantitative estimate of drug-likeness (QED) is 0.527. The van der Waals surface area contributed by atoms with Gasteiger partial charge >= 0.3 is 0 Å². The minimum atomic E-state index is 0.622. The van der Waals surface area contributed by atoms with E-state index in [1.54, 1.807) is 6.07 Å². The van der Waals surface area contributed by atoms with Crippen LogP contribution in [0, 0.1) is 0 Å². The zero-order valence-corrected chi connectivity index (χ0v) is 11.6. The number of hydrogen-bond donors (Lipinski definition) is 0. The molecule has 0 saturated carbocycles. The molecular formula is C18H20O2. The molecule has 2 aromatic rings. The van der Waals surface area contributed by atoms with Crippen LogP contribution in [0.2, 0.25) is 0 Å². The first kappa shape index (κ1) is 14.3. The molecule has 2 aromatic carbocycles. The molecule has 0 heterocycles. The highest BCUT2D eigenvalue weighted by Gasteiger charge is 2.00. The molecule has 2 rings (SSSR count). The predicted molar refractivity (Wildman–Crippen MR) is 81.3 cm³/mol. The van der Waals surface area contributed by atoms with Crippen molar-refractivity contribution in [2.24, 2.45) is 0 Å². The van der Waals surface area contributed by atoms with Gasteiger partial charge in [0.25, 0.3) is 0 Å². The average Bonchev–Trinajstić information content (AvgIpc) is 2.52. The number of carbonyl (C=O) groups is 1. The maximum absolute atomic E-state index is 10.8. The third-order valence-corrected chi connectivity index (χ3v) is 3.26. The number of unbranched alkanes of at least 4 members (excludes halogenated alkanes) is 2. The van der Waals surface area contributed by atoms with Crippen molar-refractivity contribution in [2.45, 2.75) is 25.7 Å². The normalized spacial score (nSPS) is 10.2. The van der Waals surface area contributed by atoms with Crippen LogP contribution in [-0.4, -0.2) is 12.9 Å². The smallest absolute Gasteiger partial charge is 0.153 e. The fraction of sp³-hybridized carbons (Fsp3) is 0.278. The van der Waals surface area contributed by atoms with E-state index in [0.29, 0.717) is 17.9 Å². The molecule has 0 fully saturated rings. The van der Waals surface area contributed by atoms with E-state index in [-0.39, 0.29) is 0 Å². The van der Waals surface area contributed by atoms with E-state index in [0.717, 1.165) is 25.5 Å². The minimum absolute atomic E-state index is 0.622. The minimum Gasteiger partial charge on any atom is -0.493 e. The van der Waals surface area contributed by atoms with Crippen molar-refractivity contribution in [1.29, 1.82) is 0 Å². The number of hydrogen-bond acceptors (Lipinski definition) is 2. The first-order chi connectivity index (χ1) is 9.90. The second-order valence-electron chi connectivity index (χ2n) is 4.80. The summed E-state index contributed by atoms with van der Waals surface area (Å²) in [5.74, 6) is 0.686. The van der Waals surface area contributed by atoms with E-state index < -0.39 is 0 Å². The van der Waals surface area contributed by atoms with Crippen molar-refractivity contribution in [3.05, 3.63) is 65.7 Å². The summed E-state index contributed by atoms with van der Waals surface area (Å²) in [5.41, 5.74) is 2.01. The molecule has 2 heteroatoms. The van der Waals surface area contributed by atoms with Crippen LogP contribution in [0.4, 0.5) is 0 Å². The molecule has 0 atom stereocenters. The maximum atomic E-state index is 10.8. The van der Waals surface area contributed by atoms with Crippen molar-refractivity contribution in [3.63, 3.8) is 0 Å². The summed E-state index contributed by atoms with van der Waals surface area (Å²) >= 11 is 0. The fourth-order valence-electron chi connectivity index (χ4n) is 2.14. The monoisotopic (exact) mass is 268 g/mol. The van der Waals surface area contributed by atoms with Crippen molar-refractivity contribution >= 4 is 6.29 Å². The van der Waals surface area contributed by atoms with Crippen LogP contribution in [0.5, 0.6) is 5.75 Å². The predicted octanol–water partition coefficient (Wildman–Crippen LogP) is 4.29. The van der Waals surface area contributed by atoms with Crippen LogP contribution in [0.1, 0.15) is 35.2 Å². The fourth-order valence-corrected chi connectivity index (χ4v) is 2.14. The lowest BCUT2D eigenvalue weighted by atomic mass is 10.1. The molecule has 0 aliphatic carbocycles. The Morgan fingerprint density at radius 2 is 1.60 bits per heavy atom. The summed E-state index contributed by atoms with van der Waals surface area (Å²) in [6.07, 6.45) is 5.28. The maximum Gasteiger partial charge on any atom is 0.153 e. The highest BCUT2D eigenvalue weighted by atomic mass is 16.5. The largest absolute Gasteiger partial charge is 0.493 e. The van der Waals surface area contributed by atoms with E-state index in [4.69, 9.17) is 4.74 Å². The van der Waals surface area contributed by atoms with Crippen LogP contribution < -0.4 is 4.74 Å². The molecule has 0 amide bonds. The molecule has 20 heavy (non-hydrogen) atoms. The SMILES string of the molecule is O=Cc1ccccc1OCCCCCc1ccccc1. The zero-order valence-electron chi connectivity index (χ0n) is 11.6. The molecular weight excluding hydrogens is 248 g/mol. The van der Waals surface area contributed by atoms with Gasteiger partial charge in [-0.15, -0.1) is 0 Å². The van der Waals surface area contributed by atoms with E-state index in [1.807, 2.05) is 24.3 Å². The summed E-state index contributed by atoms with van der Waals surface area (Å²) in [6.45, 7) is 0.666. The van der Waals surface area contributed by atoms with Crippen LogP contribution in [-0.2, 0) is 6.42 Å². The third kappa shape index (κ3) is 4.54. The van der Waals surface area contributed by atoms with Gasteiger partial charge in [-0.3, -0.25) is 4.79 Å². The van der Waals surface area contributed by atoms with Gasteiger partial charge in [-0.2, -0.15) is 0 Å². The zero-order chi connectivity index (χ0) is 14.0. The molecule has 0 radical (unpaired) electrons. The number of aryl methyl sites for hydroxylation is 1. The first-order valence-electron chi connectivity index (χ1n) is 7.11. The molecule has 0 N–H and O–H groups in total. The lowest BCUT2D eigenvalue weighted by Crippen LogP contribution is -2.00. The number of ether oxygens (including phenoxy) is 1. The van der Waals surface area contributed by atoms with E-state index >= 15 is 0 Å². The van der Waals surface area contributed by atoms with Crippen LogP contribution in [0.15, 0.2) is 54.6 Å². The highest BCUT2D eigenvalue weighted by molar-refractivity contribution is 5.79. The molecule has 0 saturated heterocycles. The molecule has 0 aromatic heterocycles. The van der Waals surface area contributed by atoms with E-state index in [9.17, 15) is 4.79 Å². The number of carbonyl (C=O) groups excluding carboxylic acids is 1. The first-order valence-corrected chi connectivity index (χ1v) is 7.11. The number of rotatable bonds is 8. The van der Waals surface area contributed by atoms with Gasteiger partial charge in [0.15, 0.2) is 6.29 Å². The Balaban J connectivity index is 1.63. The summed E-state index contributed by atoms with van der Waals surface area (Å²) in [5, 5.41) is 0. The second kappa shape index (κ2) is 8.16. The lowest BCUT2D eigenvalue weighted by Gasteiger charge is -2.08. The topological polar surface area (TPSA) is 26.3 Å². The highest BCUT2D eigenvalue weighted by Crippen LogP contribution is 2.16. The van der Waals surface area contributed by atoms with Crippen molar-refractivity contribution < 1.29 is 9.53 Å². The van der Waals surface area contributed by atoms with Gasteiger partial charge in [0.2, 0.25) is 0 Å². The van der Waals surface area contributed by atoms with Gasteiger partial charge in [0.1, 0.15) is 5.75 Å².